The molecule has 1 N–H and O–H groups in total. The Bertz CT molecular complexity index is 154. The standard InChI is InChI=1S/C11H23NO3/c1-3-5-7-12(8-6-4-2)9-10-15-11(13)14/h3-10H2,1-2H3,(H,13,14). The number of nitrogens with zero attached hydrogens (tertiary/aromatic N) is 1. The average molecular weight is 217 g/mol. The summed E-state index contributed by atoms with van der Waals surface area (Å²) in [5.41, 5.74) is 0. The second kappa shape index (κ2) is 9.77. The lowest BCUT2D eigenvalue weighted by atomic mass is 10.2. The number of hydrogen-bond donors (Lipinski definition) is 1. The molecule has 0 aromatic rings. The van der Waals surface area contributed by atoms with Crippen molar-refractivity contribution in [2.75, 3.05) is 26.2 Å². The summed E-state index contributed by atoms with van der Waals surface area (Å²) in [6, 6.07) is 0. The van der Waals surface area contributed by atoms with Crippen LogP contribution in [0.5, 0.6) is 0 Å². The molecule has 0 atom stereocenters. The maximum atomic E-state index is 10.2. The number of carbonyl (C=O) groups is 1. The van der Waals surface area contributed by atoms with Gasteiger partial charge < -0.3 is 9.84 Å². The van der Waals surface area contributed by atoms with Crippen LogP contribution in [0.25, 0.3) is 0 Å². The third-order valence-electron chi connectivity index (χ3n) is 2.29. The van der Waals surface area contributed by atoms with Crippen LogP contribution in [0.3, 0.4) is 0 Å². The highest BCUT2D eigenvalue weighted by Gasteiger charge is 2.04. The molecule has 0 rings (SSSR count). The van der Waals surface area contributed by atoms with Gasteiger partial charge in [-0.15, -0.1) is 0 Å². The van der Waals surface area contributed by atoms with Crippen molar-refractivity contribution in [1.29, 1.82) is 0 Å². The van der Waals surface area contributed by atoms with E-state index in [1.165, 1.54) is 12.8 Å². The van der Waals surface area contributed by atoms with E-state index in [2.05, 4.69) is 23.5 Å². The molecule has 0 aromatic carbocycles. The number of unbranched alkanes of at least 4 members (excludes halogenated alkanes) is 2. The van der Waals surface area contributed by atoms with Gasteiger partial charge in [0.05, 0.1) is 0 Å². The smallest absolute Gasteiger partial charge is 0.450 e. The Balaban J connectivity index is 3.63. The summed E-state index contributed by atoms with van der Waals surface area (Å²) in [5.74, 6) is 0. The van der Waals surface area contributed by atoms with Gasteiger partial charge in [-0.1, -0.05) is 26.7 Å². The maximum Gasteiger partial charge on any atom is 0.505 e. The van der Waals surface area contributed by atoms with Gasteiger partial charge in [-0.2, -0.15) is 0 Å². The minimum atomic E-state index is -1.18. The van der Waals surface area contributed by atoms with Crippen LogP contribution in [-0.2, 0) is 4.74 Å². The average Bonchev–Trinajstić information content (AvgIpc) is 2.20. The third-order valence-corrected chi connectivity index (χ3v) is 2.29. The van der Waals surface area contributed by atoms with E-state index in [1.54, 1.807) is 0 Å². The fraction of sp³-hybridized carbons (Fsp3) is 0.909. The van der Waals surface area contributed by atoms with E-state index >= 15 is 0 Å². The molecule has 0 aliphatic rings. The van der Waals surface area contributed by atoms with Crippen LogP contribution in [0.1, 0.15) is 39.5 Å². The minimum Gasteiger partial charge on any atom is -0.450 e. The van der Waals surface area contributed by atoms with Gasteiger partial charge in [0.1, 0.15) is 6.61 Å². The summed E-state index contributed by atoms with van der Waals surface area (Å²) in [6.45, 7) is 7.39. The molecule has 0 saturated heterocycles. The molecular weight excluding hydrogens is 194 g/mol. The van der Waals surface area contributed by atoms with E-state index in [1.807, 2.05) is 0 Å². The van der Waals surface area contributed by atoms with E-state index in [9.17, 15) is 4.79 Å². The van der Waals surface area contributed by atoms with Crippen LogP contribution in [0.2, 0.25) is 0 Å². The molecule has 15 heavy (non-hydrogen) atoms. The molecule has 0 aliphatic heterocycles. The van der Waals surface area contributed by atoms with Crippen LogP contribution < -0.4 is 0 Å². The van der Waals surface area contributed by atoms with E-state index < -0.39 is 6.16 Å². The van der Waals surface area contributed by atoms with E-state index in [0.29, 0.717) is 6.54 Å². The van der Waals surface area contributed by atoms with Gasteiger partial charge in [0.2, 0.25) is 0 Å². The van der Waals surface area contributed by atoms with Crippen LogP contribution >= 0.6 is 0 Å². The predicted molar refractivity (Wildman–Crippen MR) is 60.2 cm³/mol. The fourth-order valence-corrected chi connectivity index (χ4v) is 1.36. The predicted octanol–water partition coefficient (Wildman–Crippen LogP) is 2.58. The monoisotopic (exact) mass is 217 g/mol. The molecule has 0 saturated carbocycles. The van der Waals surface area contributed by atoms with Crippen LogP contribution in [0.4, 0.5) is 4.79 Å². The van der Waals surface area contributed by atoms with Gasteiger partial charge in [-0.05, 0) is 25.9 Å². The third kappa shape index (κ3) is 9.53. The molecule has 0 fully saturated rings. The highest BCUT2D eigenvalue weighted by Crippen LogP contribution is 1.99. The van der Waals surface area contributed by atoms with Crippen molar-refractivity contribution in [3.8, 4) is 0 Å². The lowest BCUT2D eigenvalue weighted by Crippen LogP contribution is -2.30. The highest BCUT2D eigenvalue weighted by molar-refractivity contribution is 5.56. The van der Waals surface area contributed by atoms with Crippen LogP contribution in [0, 0.1) is 0 Å². The summed E-state index contributed by atoms with van der Waals surface area (Å²) < 4.78 is 4.51. The summed E-state index contributed by atoms with van der Waals surface area (Å²) >= 11 is 0. The molecule has 0 unspecified atom stereocenters. The lowest BCUT2D eigenvalue weighted by Gasteiger charge is -2.21. The molecule has 0 aliphatic carbocycles. The number of carboxylic acid groups (broad SMARTS) is 1. The molecule has 4 nitrogen and oxygen atoms in total. The first-order valence-corrected chi connectivity index (χ1v) is 5.78. The number of rotatable bonds is 9. The van der Waals surface area contributed by atoms with Crippen molar-refractivity contribution in [3.63, 3.8) is 0 Å². The normalized spacial score (nSPS) is 10.6. The Morgan fingerprint density at radius 1 is 1.13 bits per heavy atom. The largest absolute Gasteiger partial charge is 0.505 e. The van der Waals surface area contributed by atoms with Crippen molar-refractivity contribution in [2.45, 2.75) is 39.5 Å². The van der Waals surface area contributed by atoms with E-state index in [0.717, 1.165) is 25.9 Å². The first-order valence-electron chi connectivity index (χ1n) is 5.78. The Labute approximate surface area is 92.2 Å². The van der Waals surface area contributed by atoms with Crippen molar-refractivity contribution in [2.24, 2.45) is 0 Å². The zero-order valence-electron chi connectivity index (χ0n) is 9.87. The topological polar surface area (TPSA) is 49.8 Å². The van der Waals surface area contributed by atoms with Crippen molar-refractivity contribution in [1.82, 2.24) is 4.90 Å². The molecular formula is C11H23NO3. The van der Waals surface area contributed by atoms with Crippen molar-refractivity contribution < 1.29 is 14.6 Å². The van der Waals surface area contributed by atoms with Crippen LogP contribution in [-0.4, -0.2) is 42.4 Å². The van der Waals surface area contributed by atoms with Gasteiger partial charge in [0.15, 0.2) is 0 Å². The van der Waals surface area contributed by atoms with Crippen LogP contribution in [0.15, 0.2) is 0 Å². The quantitative estimate of drug-likeness (QED) is 0.603. The van der Waals surface area contributed by atoms with Gasteiger partial charge in [0, 0.05) is 6.54 Å². The Hall–Kier alpha value is -0.770. The Morgan fingerprint density at radius 2 is 1.67 bits per heavy atom. The number of hydrogen-bond acceptors (Lipinski definition) is 3. The second-order valence-corrected chi connectivity index (χ2v) is 3.66. The van der Waals surface area contributed by atoms with E-state index in [4.69, 9.17) is 5.11 Å². The molecule has 0 spiro atoms. The first kappa shape index (κ1) is 14.2. The summed E-state index contributed by atoms with van der Waals surface area (Å²) in [4.78, 5) is 12.4. The molecule has 0 radical (unpaired) electrons. The van der Waals surface area contributed by atoms with Crippen molar-refractivity contribution in [3.05, 3.63) is 0 Å². The van der Waals surface area contributed by atoms with Gasteiger partial charge in [-0.25, -0.2) is 4.79 Å². The van der Waals surface area contributed by atoms with E-state index in [-0.39, 0.29) is 6.61 Å². The highest BCUT2D eigenvalue weighted by atomic mass is 16.7. The molecule has 4 heteroatoms. The van der Waals surface area contributed by atoms with Gasteiger partial charge in [-0.3, -0.25) is 4.90 Å². The molecule has 0 bridgehead atoms. The summed E-state index contributed by atoms with van der Waals surface area (Å²) in [6.07, 6.45) is 3.49. The van der Waals surface area contributed by atoms with Crippen molar-refractivity contribution >= 4 is 6.16 Å². The summed E-state index contributed by atoms with van der Waals surface area (Å²) in [7, 11) is 0. The Kier molecular flexibility index (Phi) is 9.27. The zero-order chi connectivity index (χ0) is 11.5. The SMILES string of the molecule is CCCCN(CCCC)CCOC(=O)O. The maximum absolute atomic E-state index is 10.2. The Morgan fingerprint density at radius 3 is 2.07 bits per heavy atom. The second-order valence-electron chi connectivity index (χ2n) is 3.66. The first-order chi connectivity index (χ1) is 7.20. The summed E-state index contributed by atoms with van der Waals surface area (Å²) in [5, 5.41) is 8.34. The number of ether oxygens (including phenoxy) is 1. The van der Waals surface area contributed by atoms with Gasteiger partial charge in [0.25, 0.3) is 0 Å². The molecule has 0 heterocycles. The molecule has 90 valence electrons. The molecule has 0 aromatic heterocycles. The van der Waals surface area contributed by atoms with Gasteiger partial charge >= 0.3 is 6.16 Å². The molecule has 0 amide bonds. The lowest BCUT2D eigenvalue weighted by molar-refractivity contribution is 0.0798. The fourth-order valence-electron chi connectivity index (χ4n) is 1.36. The zero-order valence-corrected chi connectivity index (χ0v) is 9.87. The minimum absolute atomic E-state index is 0.281.